The quantitative estimate of drug-likeness (QED) is 0.524. The SMILES string of the molecule is O=C(Nc1nc2cc(N3CCOCC3=O)ccc2n1[C@H]1CCCC[C@H]1CO)c1cccc(C(F)(F)F)c1. The lowest BCUT2D eigenvalue weighted by atomic mass is 9.84. The van der Waals surface area contributed by atoms with Gasteiger partial charge in [0, 0.05) is 36.4 Å². The van der Waals surface area contributed by atoms with Crippen molar-refractivity contribution < 1.29 is 32.6 Å². The van der Waals surface area contributed by atoms with Crippen molar-refractivity contribution in [2.45, 2.75) is 37.9 Å². The number of imidazole rings is 1. The average Bonchev–Trinajstić information content (AvgIpc) is 3.25. The number of morpholine rings is 1. The average molecular weight is 517 g/mol. The Labute approximate surface area is 211 Å². The van der Waals surface area contributed by atoms with Crippen molar-refractivity contribution in [3.63, 3.8) is 0 Å². The molecule has 1 aromatic heterocycles. The zero-order valence-electron chi connectivity index (χ0n) is 20.0. The number of halogens is 3. The molecule has 2 aromatic carbocycles. The summed E-state index contributed by atoms with van der Waals surface area (Å²) >= 11 is 0. The van der Waals surface area contributed by atoms with Crippen molar-refractivity contribution >= 4 is 34.5 Å². The molecule has 2 aliphatic rings. The first-order chi connectivity index (χ1) is 17.8. The van der Waals surface area contributed by atoms with Crippen molar-refractivity contribution in [2.24, 2.45) is 5.92 Å². The monoisotopic (exact) mass is 516 g/mol. The Morgan fingerprint density at radius 3 is 2.73 bits per heavy atom. The van der Waals surface area contributed by atoms with E-state index in [1.165, 1.54) is 12.1 Å². The fourth-order valence-electron chi connectivity index (χ4n) is 5.22. The normalized spacial score (nSPS) is 20.9. The van der Waals surface area contributed by atoms with Gasteiger partial charge in [0.1, 0.15) is 6.61 Å². The second-order valence-corrected chi connectivity index (χ2v) is 9.40. The Balaban J connectivity index is 1.55. The number of fused-ring (bicyclic) bond motifs is 1. The second-order valence-electron chi connectivity index (χ2n) is 9.40. The zero-order valence-corrected chi connectivity index (χ0v) is 20.0. The number of alkyl halides is 3. The molecule has 2 heterocycles. The highest BCUT2D eigenvalue weighted by molar-refractivity contribution is 6.04. The topological polar surface area (TPSA) is 96.7 Å². The molecule has 2 atom stereocenters. The first-order valence-electron chi connectivity index (χ1n) is 12.3. The largest absolute Gasteiger partial charge is 0.416 e. The fourth-order valence-corrected chi connectivity index (χ4v) is 5.22. The number of benzene rings is 2. The summed E-state index contributed by atoms with van der Waals surface area (Å²) in [6, 6.07) is 9.45. The van der Waals surface area contributed by atoms with Crippen LogP contribution in [0.1, 0.15) is 47.6 Å². The number of ether oxygens (including phenoxy) is 1. The number of hydrogen-bond acceptors (Lipinski definition) is 5. The van der Waals surface area contributed by atoms with E-state index in [0.29, 0.717) is 29.9 Å². The minimum atomic E-state index is -4.58. The predicted molar refractivity (Wildman–Crippen MR) is 130 cm³/mol. The Morgan fingerprint density at radius 1 is 1.16 bits per heavy atom. The lowest BCUT2D eigenvalue weighted by molar-refractivity contribution is -0.137. The predicted octanol–water partition coefficient (Wildman–Crippen LogP) is 4.39. The van der Waals surface area contributed by atoms with Crippen molar-refractivity contribution in [3.8, 4) is 0 Å². The molecule has 37 heavy (non-hydrogen) atoms. The molecule has 0 radical (unpaired) electrons. The number of hydrogen-bond donors (Lipinski definition) is 2. The first kappa shape index (κ1) is 25.2. The Kier molecular flexibility index (Phi) is 6.91. The molecule has 1 saturated carbocycles. The molecule has 5 rings (SSSR count). The van der Waals surface area contributed by atoms with Crippen LogP contribution in [0.5, 0.6) is 0 Å². The summed E-state index contributed by atoms with van der Waals surface area (Å²) < 4.78 is 46.7. The second kappa shape index (κ2) is 10.1. The van der Waals surface area contributed by atoms with E-state index in [4.69, 9.17) is 4.74 Å². The van der Waals surface area contributed by atoms with E-state index in [9.17, 15) is 27.9 Å². The molecule has 1 aliphatic carbocycles. The van der Waals surface area contributed by atoms with Crippen LogP contribution in [-0.2, 0) is 15.7 Å². The van der Waals surface area contributed by atoms with Gasteiger partial charge < -0.3 is 19.3 Å². The molecule has 3 aromatic rings. The summed E-state index contributed by atoms with van der Waals surface area (Å²) in [4.78, 5) is 31.7. The molecule has 1 saturated heterocycles. The molecule has 8 nitrogen and oxygen atoms in total. The summed E-state index contributed by atoms with van der Waals surface area (Å²) in [5.41, 5.74) is 0.813. The molecule has 2 amide bonds. The maximum absolute atomic E-state index is 13.2. The van der Waals surface area contributed by atoms with Gasteiger partial charge in [-0.2, -0.15) is 13.2 Å². The number of aromatic nitrogens is 2. The van der Waals surface area contributed by atoms with Crippen molar-refractivity contribution in [3.05, 3.63) is 53.6 Å². The molecule has 11 heteroatoms. The van der Waals surface area contributed by atoms with Gasteiger partial charge in [-0.3, -0.25) is 14.9 Å². The minimum absolute atomic E-state index is 0.00890. The van der Waals surface area contributed by atoms with Crippen LogP contribution in [0.25, 0.3) is 11.0 Å². The summed E-state index contributed by atoms with van der Waals surface area (Å²) in [5, 5.41) is 12.8. The van der Waals surface area contributed by atoms with Crippen LogP contribution in [0, 0.1) is 5.92 Å². The van der Waals surface area contributed by atoms with Crippen LogP contribution in [0.15, 0.2) is 42.5 Å². The van der Waals surface area contributed by atoms with Gasteiger partial charge >= 0.3 is 6.18 Å². The first-order valence-corrected chi connectivity index (χ1v) is 12.3. The molecule has 2 fully saturated rings. The van der Waals surface area contributed by atoms with Crippen LogP contribution < -0.4 is 10.2 Å². The van der Waals surface area contributed by atoms with E-state index >= 15 is 0 Å². The number of aliphatic hydroxyl groups excluding tert-OH is 1. The highest BCUT2D eigenvalue weighted by atomic mass is 19.4. The number of carbonyl (C=O) groups excluding carboxylic acids is 2. The highest BCUT2D eigenvalue weighted by Crippen LogP contribution is 2.39. The number of nitrogens with one attached hydrogen (secondary N) is 1. The standard InChI is InChI=1S/C26H27F3N4O4/c27-26(28,29)18-6-3-5-16(12-18)24(36)31-25-30-20-13-19(32-10-11-37-15-23(32)35)8-9-22(20)33(25)21-7-2-1-4-17(21)14-34/h3,5-6,8-9,12-13,17,21,34H,1-2,4,7,10-11,14-15H2,(H,30,31,36)/t17-,21-/m0/s1. The minimum Gasteiger partial charge on any atom is -0.396 e. The van der Waals surface area contributed by atoms with E-state index < -0.39 is 17.6 Å². The van der Waals surface area contributed by atoms with Gasteiger partial charge in [0.05, 0.1) is 23.2 Å². The molecular formula is C26H27F3N4O4. The van der Waals surface area contributed by atoms with Gasteiger partial charge in [0.15, 0.2) is 0 Å². The van der Waals surface area contributed by atoms with E-state index in [0.717, 1.165) is 37.8 Å². The molecule has 0 unspecified atom stereocenters. The van der Waals surface area contributed by atoms with Gasteiger partial charge in [-0.15, -0.1) is 0 Å². The summed E-state index contributed by atoms with van der Waals surface area (Å²) in [5.74, 6) is -0.762. The molecule has 1 aliphatic heterocycles. The summed E-state index contributed by atoms with van der Waals surface area (Å²) in [7, 11) is 0. The van der Waals surface area contributed by atoms with Gasteiger partial charge in [-0.05, 0) is 49.2 Å². The maximum atomic E-state index is 13.2. The van der Waals surface area contributed by atoms with Gasteiger partial charge in [-0.1, -0.05) is 18.9 Å². The van der Waals surface area contributed by atoms with Gasteiger partial charge in [0.25, 0.3) is 11.8 Å². The fraction of sp³-hybridized carbons (Fsp3) is 0.423. The lowest BCUT2D eigenvalue weighted by Crippen LogP contribution is -2.41. The molecular weight excluding hydrogens is 489 g/mol. The van der Waals surface area contributed by atoms with E-state index in [2.05, 4.69) is 10.3 Å². The molecule has 196 valence electrons. The van der Waals surface area contributed by atoms with E-state index in [-0.39, 0.29) is 42.6 Å². The third kappa shape index (κ3) is 5.05. The molecule has 2 N–H and O–H groups in total. The highest BCUT2D eigenvalue weighted by Gasteiger charge is 2.32. The summed E-state index contributed by atoms with van der Waals surface area (Å²) in [6.45, 7) is 0.771. The van der Waals surface area contributed by atoms with Gasteiger partial charge in [-0.25, -0.2) is 4.98 Å². The van der Waals surface area contributed by atoms with Crippen molar-refractivity contribution in [1.29, 1.82) is 0 Å². The number of carbonyl (C=O) groups is 2. The number of anilines is 2. The van der Waals surface area contributed by atoms with E-state index in [1.54, 1.807) is 17.0 Å². The Hall–Kier alpha value is -3.44. The number of aliphatic hydroxyl groups is 1. The number of rotatable bonds is 5. The summed E-state index contributed by atoms with van der Waals surface area (Å²) in [6.07, 6.45) is -1.10. The van der Waals surface area contributed by atoms with Crippen LogP contribution >= 0.6 is 0 Å². The third-order valence-corrected chi connectivity index (χ3v) is 7.08. The van der Waals surface area contributed by atoms with Crippen LogP contribution in [0.3, 0.4) is 0 Å². The molecule has 0 bridgehead atoms. The zero-order chi connectivity index (χ0) is 26.2. The molecule has 0 spiro atoms. The van der Waals surface area contributed by atoms with Gasteiger partial charge in [0.2, 0.25) is 5.95 Å². The van der Waals surface area contributed by atoms with Crippen molar-refractivity contribution in [1.82, 2.24) is 9.55 Å². The van der Waals surface area contributed by atoms with Crippen LogP contribution in [-0.4, -0.2) is 52.8 Å². The lowest BCUT2D eigenvalue weighted by Gasteiger charge is -2.32. The Bertz CT molecular complexity index is 1320. The third-order valence-electron chi connectivity index (χ3n) is 7.08. The number of nitrogens with zero attached hydrogens (tertiary/aromatic N) is 3. The van der Waals surface area contributed by atoms with Crippen molar-refractivity contribution in [2.75, 3.05) is 36.6 Å². The maximum Gasteiger partial charge on any atom is 0.416 e. The number of amides is 2. The van der Waals surface area contributed by atoms with E-state index in [1.807, 2.05) is 10.6 Å². The Morgan fingerprint density at radius 2 is 1.97 bits per heavy atom. The van der Waals surface area contributed by atoms with Crippen LogP contribution in [0.4, 0.5) is 24.8 Å². The van der Waals surface area contributed by atoms with Crippen LogP contribution in [0.2, 0.25) is 0 Å². The smallest absolute Gasteiger partial charge is 0.396 e.